The molecule has 0 radical (unpaired) electrons. The van der Waals surface area contributed by atoms with Gasteiger partial charge in [0, 0.05) is 19.1 Å². The fourth-order valence-electron chi connectivity index (χ4n) is 3.01. The summed E-state index contributed by atoms with van der Waals surface area (Å²) in [7, 11) is 0. The molecule has 0 aliphatic carbocycles. The van der Waals surface area contributed by atoms with E-state index < -0.39 is 0 Å². The second kappa shape index (κ2) is 5.64. The van der Waals surface area contributed by atoms with E-state index in [-0.39, 0.29) is 11.9 Å². The van der Waals surface area contributed by atoms with Gasteiger partial charge in [-0.15, -0.1) is 0 Å². The van der Waals surface area contributed by atoms with Gasteiger partial charge in [-0.1, -0.05) is 20.8 Å². The zero-order valence-electron chi connectivity index (χ0n) is 10.6. The Morgan fingerprint density at radius 2 is 2.12 bits per heavy atom. The van der Waals surface area contributed by atoms with Gasteiger partial charge >= 0.3 is 0 Å². The molecule has 0 aromatic rings. The maximum absolute atomic E-state index is 11.4. The van der Waals surface area contributed by atoms with Crippen molar-refractivity contribution in [3.05, 3.63) is 0 Å². The number of nitrogens with zero attached hydrogens (tertiary/aromatic N) is 1. The molecule has 16 heavy (non-hydrogen) atoms. The molecular formula is C12H25N3O. The van der Waals surface area contributed by atoms with Gasteiger partial charge in [0.15, 0.2) is 0 Å². The predicted molar refractivity (Wildman–Crippen MR) is 65.8 cm³/mol. The molecule has 4 nitrogen and oxygen atoms in total. The van der Waals surface area contributed by atoms with Gasteiger partial charge in [-0.05, 0) is 24.7 Å². The molecule has 0 aromatic carbocycles. The molecule has 4 heteroatoms. The van der Waals surface area contributed by atoms with E-state index in [2.05, 4.69) is 18.7 Å². The molecule has 1 fully saturated rings. The Kier molecular flexibility index (Phi) is 4.74. The first-order valence-corrected chi connectivity index (χ1v) is 6.26. The molecule has 0 spiro atoms. The molecule has 1 aliphatic rings. The van der Waals surface area contributed by atoms with Gasteiger partial charge in [-0.25, -0.2) is 0 Å². The lowest BCUT2D eigenvalue weighted by Crippen LogP contribution is -2.58. The first-order chi connectivity index (χ1) is 7.51. The number of carbonyl (C=O) groups excluding carboxylic acids is 1. The minimum atomic E-state index is -0.220. The maximum Gasteiger partial charge on any atom is 0.234 e. The lowest BCUT2D eigenvalue weighted by Gasteiger charge is -2.45. The molecule has 1 aliphatic heterocycles. The number of primary amides is 1. The molecule has 0 aromatic heterocycles. The highest BCUT2D eigenvalue weighted by Crippen LogP contribution is 2.28. The smallest absolute Gasteiger partial charge is 0.234 e. The SMILES string of the molecule is CCC(C(N)=O)N1CC(C)CC(C)C1CN. The Bertz CT molecular complexity index is 244. The summed E-state index contributed by atoms with van der Waals surface area (Å²) >= 11 is 0. The number of piperidine rings is 1. The Balaban J connectivity index is 2.83. The zero-order valence-corrected chi connectivity index (χ0v) is 10.6. The largest absolute Gasteiger partial charge is 0.368 e. The summed E-state index contributed by atoms with van der Waals surface area (Å²) in [6.07, 6.45) is 1.96. The van der Waals surface area contributed by atoms with Crippen molar-refractivity contribution >= 4 is 5.91 Å². The van der Waals surface area contributed by atoms with Crippen molar-refractivity contribution in [3.8, 4) is 0 Å². The van der Waals surface area contributed by atoms with E-state index in [9.17, 15) is 4.79 Å². The van der Waals surface area contributed by atoms with E-state index in [4.69, 9.17) is 11.5 Å². The van der Waals surface area contributed by atoms with Crippen LogP contribution in [0, 0.1) is 11.8 Å². The topological polar surface area (TPSA) is 72.4 Å². The zero-order chi connectivity index (χ0) is 12.3. The molecule has 1 heterocycles. The molecular weight excluding hydrogens is 202 g/mol. The van der Waals surface area contributed by atoms with Gasteiger partial charge in [0.2, 0.25) is 5.91 Å². The molecule has 4 unspecified atom stereocenters. The highest BCUT2D eigenvalue weighted by molar-refractivity contribution is 5.79. The van der Waals surface area contributed by atoms with E-state index in [0.29, 0.717) is 24.4 Å². The van der Waals surface area contributed by atoms with Crippen LogP contribution in [0.5, 0.6) is 0 Å². The van der Waals surface area contributed by atoms with E-state index in [1.54, 1.807) is 0 Å². The van der Waals surface area contributed by atoms with Crippen LogP contribution in [-0.2, 0) is 4.79 Å². The van der Waals surface area contributed by atoms with Gasteiger partial charge in [-0.2, -0.15) is 0 Å². The first kappa shape index (κ1) is 13.5. The van der Waals surface area contributed by atoms with Crippen molar-refractivity contribution in [2.45, 2.75) is 45.7 Å². The molecule has 0 saturated carbocycles. The van der Waals surface area contributed by atoms with E-state index >= 15 is 0 Å². The van der Waals surface area contributed by atoms with Crippen LogP contribution in [-0.4, -0.2) is 36.0 Å². The first-order valence-electron chi connectivity index (χ1n) is 6.26. The fraction of sp³-hybridized carbons (Fsp3) is 0.917. The molecule has 4 N–H and O–H groups in total. The number of nitrogens with two attached hydrogens (primary N) is 2. The second-order valence-electron chi connectivity index (χ2n) is 5.14. The Morgan fingerprint density at radius 1 is 1.50 bits per heavy atom. The number of hydrogen-bond acceptors (Lipinski definition) is 3. The fourth-order valence-corrected chi connectivity index (χ4v) is 3.01. The van der Waals surface area contributed by atoms with Crippen molar-refractivity contribution in [2.75, 3.05) is 13.1 Å². The third kappa shape index (κ3) is 2.74. The summed E-state index contributed by atoms with van der Waals surface area (Å²) in [4.78, 5) is 13.7. The third-order valence-corrected chi connectivity index (χ3v) is 3.74. The highest BCUT2D eigenvalue weighted by atomic mass is 16.1. The third-order valence-electron chi connectivity index (χ3n) is 3.74. The summed E-state index contributed by atoms with van der Waals surface area (Å²) in [5.41, 5.74) is 11.3. The normalized spacial score (nSPS) is 33.6. The average Bonchev–Trinajstić information content (AvgIpc) is 2.17. The number of rotatable bonds is 4. The van der Waals surface area contributed by atoms with Gasteiger partial charge in [0.05, 0.1) is 6.04 Å². The van der Waals surface area contributed by atoms with Gasteiger partial charge in [0.25, 0.3) is 0 Å². The van der Waals surface area contributed by atoms with Gasteiger partial charge in [-0.3, -0.25) is 9.69 Å². The maximum atomic E-state index is 11.4. The Morgan fingerprint density at radius 3 is 2.56 bits per heavy atom. The van der Waals surface area contributed by atoms with E-state index in [1.165, 1.54) is 6.42 Å². The summed E-state index contributed by atoms with van der Waals surface area (Å²) in [5.74, 6) is 0.940. The molecule has 4 atom stereocenters. The Hall–Kier alpha value is -0.610. The van der Waals surface area contributed by atoms with Crippen LogP contribution in [0.3, 0.4) is 0 Å². The second-order valence-corrected chi connectivity index (χ2v) is 5.14. The Labute approximate surface area is 98.3 Å². The van der Waals surface area contributed by atoms with E-state index in [1.807, 2.05) is 6.92 Å². The quantitative estimate of drug-likeness (QED) is 0.737. The van der Waals surface area contributed by atoms with Crippen LogP contribution < -0.4 is 11.5 Å². The monoisotopic (exact) mass is 227 g/mol. The van der Waals surface area contributed by atoms with Gasteiger partial charge in [0.1, 0.15) is 0 Å². The van der Waals surface area contributed by atoms with Crippen LogP contribution in [0.25, 0.3) is 0 Å². The molecule has 1 saturated heterocycles. The average molecular weight is 227 g/mol. The lowest BCUT2D eigenvalue weighted by atomic mass is 9.83. The van der Waals surface area contributed by atoms with Crippen molar-refractivity contribution in [3.63, 3.8) is 0 Å². The molecule has 1 amide bonds. The number of carbonyl (C=O) groups is 1. The summed E-state index contributed by atoms with van der Waals surface area (Å²) in [5, 5.41) is 0. The van der Waals surface area contributed by atoms with Crippen LogP contribution in [0.15, 0.2) is 0 Å². The standard InChI is InChI=1S/C12H25N3O/c1-4-10(12(14)16)15-7-8(2)5-9(3)11(15)6-13/h8-11H,4-7,13H2,1-3H3,(H2,14,16). The van der Waals surface area contributed by atoms with Crippen molar-refractivity contribution in [2.24, 2.45) is 23.3 Å². The van der Waals surface area contributed by atoms with Crippen molar-refractivity contribution in [1.82, 2.24) is 4.90 Å². The van der Waals surface area contributed by atoms with E-state index in [0.717, 1.165) is 13.0 Å². The predicted octanol–water partition coefficient (Wildman–Crippen LogP) is 0.556. The number of amides is 1. The molecule has 1 rings (SSSR count). The molecule has 0 bridgehead atoms. The van der Waals surface area contributed by atoms with Crippen molar-refractivity contribution in [1.29, 1.82) is 0 Å². The van der Waals surface area contributed by atoms with Crippen LogP contribution in [0.1, 0.15) is 33.6 Å². The summed E-state index contributed by atoms with van der Waals surface area (Å²) < 4.78 is 0. The van der Waals surface area contributed by atoms with Gasteiger partial charge < -0.3 is 11.5 Å². The number of hydrogen-bond donors (Lipinski definition) is 2. The summed E-state index contributed by atoms with van der Waals surface area (Å²) in [6.45, 7) is 8.00. The van der Waals surface area contributed by atoms with Crippen LogP contribution >= 0.6 is 0 Å². The summed E-state index contributed by atoms with van der Waals surface area (Å²) in [6, 6.07) is 0.146. The lowest BCUT2D eigenvalue weighted by molar-refractivity contribution is -0.126. The number of likely N-dealkylation sites (tertiary alicyclic amines) is 1. The minimum Gasteiger partial charge on any atom is -0.368 e. The minimum absolute atomic E-state index is 0.154. The highest BCUT2D eigenvalue weighted by Gasteiger charge is 2.36. The molecule has 94 valence electrons. The van der Waals surface area contributed by atoms with Crippen molar-refractivity contribution < 1.29 is 4.79 Å². The van der Waals surface area contributed by atoms with Crippen LogP contribution in [0.2, 0.25) is 0 Å². The van der Waals surface area contributed by atoms with Crippen LogP contribution in [0.4, 0.5) is 0 Å².